The molecule has 5 heteroatoms. The van der Waals surface area contributed by atoms with E-state index in [-0.39, 0.29) is 5.91 Å². The number of carboxylic acids is 1. The third-order valence-electron chi connectivity index (χ3n) is 2.01. The lowest BCUT2D eigenvalue weighted by Gasteiger charge is -2.11. The average molecular weight is 210 g/mol. The molecule has 1 aromatic heterocycles. The van der Waals surface area contributed by atoms with Crippen LogP contribution < -0.4 is 5.32 Å². The molecule has 0 saturated heterocycles. The molecule has 0 aliphatic rings. The van der Waals surface area contributed by atoms with Crippen LogP contribution in [0, 0.1) is 0 Å². The summed E-state index contributed by atoms with van der Waals surface area (Å²) in [5.74, 6) is -1.35. The van der Waals surface area contributed by atoms with Gasteiger partial charge in [-0.15, -0.1) is 0 Å². The fourth-order valence-corrected chi connectivity index (χ4v) is 1.36. The van der Waals surface area contributed by atoms with E-state index >= 15 is 0 Å². The molecule has 82 valence electrons. The number of carbonyl (C=O) groups is 2. The van der Waals surface area contributed by atoms with Gasteiger partial charge in [0.1, 0.15) is 6.04 Å². The van der Waals surface area contributed by atoms with Gasteiger partial charge in [-0.3, -0.25) is 4.79 Å². The van der Waals surface area contributed by atoms with E-state index in [0.29, 0.717) is 6.42 Å². The van der Waals surface area contributed by atoms with Gasteiger partial charge in [-0.05, 0) is 11.6 Å². The Morgan fingerprint density at radius 3 is 2.67 bits per heavy atom. The van der Waals surface area contributed by atoms with E-state index in [0.717, 1.165) is 5.56 Å². The molecule has 0 aliphatic carbocycles. The molecule has 1 amide bonds. The van der Waals surface area contributed by atoms with Gasteiger partial charge in [0.15, 0.2) is 0 Å². The smallest absolute Gasteiger partial charge is 0.326 e. The van der Waals surface area contributed by atoms with E-state index in [4.69, 9.17) is 5.11 Å². The van der Waals surface area contributed by atoms with Gasteiger partial charge >= 0.3 is 5.97 Å². The molecule has 5 nitrogen and oxygen atoms in total. The van der Waals surface area contributed by atoms with Crippen molar-refractivity contribution in [2.24, 2.45) is 7.05 Å². The number of carboxylic acid groups (broad SMARTS) is 1. The number of hydrogen-bond donors (Lipinski definition) is 2. The number of aryl methyl sites for hydroxylation is 1. The quantitative estimate of drug-likeness (QED) is 0.743. The second-order valence-electron chi connectivity index (χ2n) is 3.48. The molecule has 15 heavy (non-hydrogen) atoms. The minimum absolute atomic E-state index is 0.301. The molecule has 1 rings (SSSR count). The molecule has 1 atom stereocenters. The summed E-state index contributed by atoms with van der Waals surface area (Å²) in [6.07, 6.45) is 3.97. The van der Waals surface area contributed by atoms with Crippen LogP contribution in [0.1, 0.15) is 12.5 Å². The molecule has 0 bridgehead atoms. The Labute approximate surface area is 87.7 Å². The summed E-state index contributed by atoms with van der Waals surface area (Å²) in [4.78, 5) is 21.6. The van der Waals surface area contributed by atoms with E-state index in [2.05, 4.69) is 5.32 Å². The number of aromatic nitrogens is 1. The first-order valence-electron chi connectivity index (χ1n) is 4.60. The fraction of sp³-hybridized carbons (Fsp3) is 0.400. The lowest BCUT2D eigenvalue weighted by molar-refractivity contribution is -0.141. The van der Waals surface area contributed by atoms with Crippen LogP contribution in [0.2, 0.25) is 0 Å². The topological polar surface area (TPSA) is 71.3 Å². The largest absolute Gasteiger partial charge is 0.480 e. The Kier molecular flexibility index (Phi) is 3.49. The molecule has 0 aromatic carbocycles. The van der Waals surface area contributed by atoms with Gasteiger partial charge in [0.2, 0.25) is 5.91 Å². The minimum atomic E-state index is -1.02. The van der Waals surface area contributed by atoms with Crippen molar-refractivity contribution in [1.29, 1.82) is 0 Å². The molecule has 1 heterocycles. The first kappa shape index (κ1) is 11.3. The van der Waals surface area contributed by atoms with Gasteiger partial charge in [-0.25, -0.2) is 4.79 Å². The number of aliphatic carboxylic acids is 1. The summed E-state index contributed by atoms with van der Waals surface area (Å²) in [5, 5.41) is 11.3. The Balaban J connectivity index is 2.66. The van der Waals surface area contributed by atoms with E-state index in [1.165, 1.54) is 6.92 Å². The second-order valence-corrected chi connectivity index (χ2v) is 3.48. The van der Waals surface area contributed by atoms with Crippen LogP contribution in [0.3, 0.4) is 0 Å². The van der Waals surface area contributed by atoms with Crippen LogP contribution in [0.5, 0.6) is 0 Å². The van der Waals surface area contributed by atoms with E-state index in [1.54, 1.807) is 0 Å². The average Bonchev–Trinajstić information content (AvgIpc) is 2.49. The van der Waals surface area contributed by atoms with Crippen molar-refractivity contribution in [3.05, 3.63) is 24.0 Å². The zero-order valence-electron chi connectivity index (χ0n) is 8.73. The van der Waals surface area contributed by atoms with Gasteiger partial charge in [-0.2, -0.15) is 0 Å². The number of amides is 1. The minimum Gasteiger partial charge on any atom is -0.480 e. The molecule has 0 unspecified atom stereocenters. The fourth-order valence-electron chi connectivity index (χ4n) is 1.36. The maximum absolute atomic E-state index is 10.8. The lowest BCUT2D eigenvalue weighted by Crippen LogP contribution is -2.41. The number of hydrogen-bond acceptors (Lipinski definition) is 2. The Morgan fingerprint density at radius 1 is 1.60 bits per heavy atom. The van der Waals surface area contributed by atoms with Crippen LogP contribution >= 0.6 is 0 Å². The van der Waals surface area contributed by atoms with Crippen molar-refractivity contribution in [3.8, 4) is 0 Å². The highest BCUT2D eigenvalue weighted by Gasteiger charge is 2.18. The summed E-state index contributed by atoms with van der Waals surface area (Å²) in [6.45, 7) is 1.31. The first-order valence-corrected chi connectivity index (χ1v) is 4.60. The SMILES string of the molecule is CC(=O)N[C@@H](Cc1ccn(C)c1)C(=O)O. The van der Waals surface area contributed by atoms with Gasteiger partial charge in [-0.1, -0.05) is 0 Å². The van der Waals surface area contributed by atoms with Gasteiger partial charge in [0.25, 0.3) is 0 Å². The summed E-state index contributed by atoms with van der Waals surface area (Å²) < 4.78 is 1.84. The maximum Gasteiger partial charge on any atom is 0.326 e. The molecule has 0 spiro atoms. The number of rotatable bonds is 4. The van der Waals surface area contributed by atoms with E-state index in [1.807, 2.05) is 30.1 Å². The van der Waals surface area contributed by atoms with Crippen molar-refractivity contribution >= 4 is 11.9 Å². The highest BCUT2D eigenvalue weighted by molar-refractivity contribution is 5.82. The number of nitrogens with one attached hydrogen (secondary N) is 1. The maximum atomic E-state index is 10.8. The Hall–Kier alpha value is -1.78. The Bertz CT molecular complexity index is 370. The van der Waals surface area contributed by atoms with Crippen LogP contribution in [-0.4, -0.2) is 27.6 Å². The van der Waals surface area contributed by atoms with E-state index < -0.39 is 12.0 Å². The molecular weight excluding hydrogens is 196 g/mol. The standard InChI is InChI=1S/C10H14N2O3/c1-7(13)11-9(10(14)15)5-8-3-4-12(2)6-8/h3-4,6,9H,5H2,1-2H3,(H,11,13)(H,14,15)/t9-/m0/s1. The highest BCUT2D eigenvalue weighted by atomic mass is 16.4. The molecule has 0 fully saturated rings. The molecule has 2 N–H and O–H groups in total. The monoisotopic (exact) mass is 210 g/mol. The van der Waals surface area contributed by atoms with Crippen LogP contribution in [0.4, 0.5) is 0 Å². The van der Waals surface area contributed by atoms with Crippen molar-refractivity contribution in [1.82, 2.24) is 9.88 Å². The third kappa shape index (κ3) is 3.46. The second kappa shape index (κ2) is 4.63. The zero-order chi connectivity index (χ0) is 11.4. The summed E-state index contributed by atoms with van der Waals surface area (Å²) in [5.41, 5.74) is 0.888. The zero-order valence-corrected chi connectivity index (χ0v) is 8.73. The van der Waals surface area contributed by atoms with Crippen LogP contribution in [-0.2, 0) is 23.1 Å². The van der Waals surface area contributed by atoms with Gasteiger partial charge in [0.05, 0.1) is 0 Å². The summed E-state index contributed by atoms with van der Waals surface area (Å²) in [7, 11) is 1.86. The van der Waals surface area contributed by atoms with Crippen molar-refractivity contribution in [2.45, 2.75) is 19.4 Å². The van der Waals surface area contributed by atoms with Crippen LogP contribution in [0.15, 0.2) is 18.5 Å². The van der Waals surface area contributed by atoms with Gasteiger partial charge in [0, 0.05) is 32.8 Å². The predicted molar refractivity (Wildman–Crippen MR) is 54.4 cm³/mol. The normalized spacial score (nSPS) is 12.1. The first-order chi connectivity index (χ1) is 6.99. The number of carbonyl (C=O) groups excluding carboxylic acids is 1. The van der Waals surface area contributed by atoms with Crippen LogP contribution in [0.25, 0.3) is 0 Å². The van der Waals surface area contributed by atoms with Gasteiger partial charge < -0.3 is 15.0 Å². The van der Waals surface area contributed by atoms with Crippen molar-refractivity contribution in [3.63, 3.8) is 0 Å². The van der Waals surface area contributed by atoms with Crippen molar-refractivity contribution < 1.29 is 14.7 Å². The molecule has 0 aliphatic heterocycles. The van der Waals surface area contributed by atoms with E-state index in [9.17, 15) is 9.59 Å². The summed E-state index contributed by atoms with van der Waals surface area (Å²) >= 11 is 0. The molecule has 0 radical (unpaired) electrons. The number of nitrogens with zero attached hydrogens (tertiary/aromatic N) is 1. The van der Waals surface area contributed by atoms with Crippen molar-refractivity contribution in [2.75, 3.05) is 0 Å². The predicted octanol–water partition coefficient (Wildman–Crippen LogP) is 0.157. The molecule has 1 aromatic rings. The molecule has 0 saturated carbocycles. The summed E-state index contributed by atoms with van der Waals surface area (Å²) in [6, 6.07) is 0.975. The highest BCUT2D eigenvalue weighted by Crippen LogP contribution is 2.04. The third-order valence-corrected chi connectivity index (χ3v) is 2.01. The molecular formula is C10H14N2O3. The lowest BCUT2D eigenvalue weighted by atomic mass is 10.1. The Morgan fingerprint density at radius 2 is 2.27 bits per heavy atom.